The van der Waals surface area contributed by atoms with E-state index in [2.05, 4.69) is 27.3 Å². The first-order chi connectivity index (χ1) is 24.2. The Morgan fingerprint density at radius 3 is 2.15 bits per heavy atom. The third-order valence-corrected chi connectivity index (χ3v) is 11.7. The van der Waals surface area contributed by atoms with Crippen LogP contribution in [0.5, 0.6) is 11.5 Å². The first kappa shape index (κ1) is 37.2. The lowest BCUT2D eigenvalue weighted by molar-refractivity contribution is -0.142. The molecule has 3 aliphatic heterocycles. The molecule has 2 aliphatic carbocycles. The molecule has 52 heavy (non-hydrogen) atoms. The molecule has 0 aromatic heterocycles. The minimum atomic E-state index is -3.92. The highest BCUT2D eigenvalue weighted by Gasteiger charge is 2.62. The second-order valence-corrected chi connectivity index (χ2v) is 18.4. The van der Waals surface area contributed by atoms with Crippen molar-refractivity contribution < 1.29 is 46.6 Å². The summed E-state index contributed by atoms with van der Waals surface area (Å²) in [5.41, 5.74) is -1.26. The molecule has 6 amide bonds. The van der Waals surface area contributed by atoms with Crippen molar-refractivity contribution in [2.75, 3.05) is 13.3 Å². The number of carbonyl (C=O) groups excluding carboxylic acids is 5. The minimum Gasteiger partial charge on any atom is -0.454 e. The maximum atomic E-state index is 14.4. The number of hydrogen-bond acceptors (Lipinski definition) is 10. The number of carbonyl (C=O) groups is 5. The summed E-state index contributed by atoms with van der Waals surface area (Å²) >= 11 is 0. The Bertz CT molecular complexity index is 1770. The van der Waals surface area contributed by atoms with E-state index in [0.717, 1.165) is 11.1 Å². The molecular formula is C35H48N6O10S. The first-order valence-corrected chi connectivity index (χ1v) is 19.0. The third kappa shape index (κ3) is 7.64. The standard InChI is InChI=1S/C35H48N6O10S/c1-8-21-14-35(21,30(44)39-52(47,48)23-9-10-23)37-28(42)24-13-22(17-41(24)29(43)27(33(2,3)4)36-31(45)38-34(5,6)7)51-32(46)40-15-19-11-25-26(50-18-49-25)12-20(19)16-40/h8,11-12,21-24,27H,1,9-10,13-18H2,2-7H3,(H,37,42)(H,39,44)(H2,36,38,45)/t21-,22+,24-,27+,35-/m0/s1. The molecule has 284 valence electrons. The van der Waals surface area contributed by atoms with Gasteiger partial charge in [-0.1, -0.05) is 26.8 Å². The predicted molar refractivity (Wildman–Crippen MR) is 186 cm³/mol. The number of amides is 6. The Labute approximate surface area is 303 Å². The Hall–Kier alpha value is -4.54. The molecule has 1 aromatic rings. The van der Waals surface area contributed by atoms with Crippen LogP contribution in [0.4, 0.5) is 9.59 Å². The topological polar surface area (TPSA) is 202 Å². The fourth-order valence-electron chi connectivity index (χ4n) is 6.85. The number of ether oxygens (including phenoxy) is 3. The van der Waals surface area contributed by atoms with Gasteiger partial charge in [-0.25, -0.2) is 18.0 Å². The van der Waals surface area contributed by atoms with Crippen molar-refractivity contribution in [3.63, 3.8) is 0 Å². The number of fused-ring (bicyclic) bond motifs is 2. The van der Waals surface area contributed by atoms with Crippen LogP contribution in [-0.4, -0.2) is 95.9 Å². The molecule has 5 aliphatic rings. The molecule has 6 rings (SSSR count). The van der Waals surface area contributed by atoms with E-state index in [0.29, 0.717) is 24.3 Å². The number of urea groups is 1. The number of hydrogen-bond donors (Lipinski definition) is 4. The monoisotopic (exact) mass is 744 g/mol. The van der Waals surface area contributed by atoms with E-state index in [1.54, 1.807) is 41.5 Å². The second kappa shape index (κ2) is 13.1. The van der Waals surface area contributed by atoms with Gasteiger partial charge in [0.2, 0.25) is 28.6 Å². The van der Waals surface area contributed by atoms with Crippen molar-refractivity contribution in [2.24, 2.45) is 11.3 Å². The lowest BCUT2D eigenvalue weighted by Gasteiger charge is -2.36. The van der Waals surface area contributed by atoms with Gasteiger partial charge in [0.25, 0.3) is 5.91 Å². The smallest absolute Gasteiger partial charge is 0.410 e. The van der Waals surface area contributed by atoms with Gasteiger partial charge in [-0.2, -0.15) is 0 Å². The minimum absolute atomic E-state index is 0.109. The van der Waals surface area contributed by atoms with Crippen LogP contribution >= 0.6 is 0 Å². The number of benzene rings is 1. The zero-order valence-corrected chi connectivity index (χ0v) is 31.2. The number of nitrogens with zero attached hydrogens (tertiary/aromatic N) is 2. The Morgan fingerprint density at radius 2 is 1.63 bits per heavy atom. The van der Waals surface area contributed by atoms with E-state index in [4.69, 9.17) is 14.2 Å². The summed E-state index contributed by atoms with van der Waals surface area (Å²) in [7, 11) is -3.92. The van der Waals surface area contributed by atoms with Crippen LogP contribution in [0.1, 0.15) is 78.4 Å². The summed E-state index contributed by atoms with van der Waals surface area (Å²) in [6, 6.07) is 0.729. The van der Waals surface area contributed by atoms with Crippen LogP contribution in [0, 0.1) is 11.3 Å². The van der Waals surface area contributed by atoms with Gasteiger partial charge in [0.15, 0.2) is 11.5 Å². The molecule has 16 nitrogen and oxygen atoms in total. The van der Waals surface area contributed by atoms with Gasteiger partial charge in [0, 0.05) is 31.0 Å². The van der Waals surface area contributed by atoms with Crippen LogP contribution < -0.4 is 30.1 Å². The van der Waals surface area contributed by atoms with E-state index < -0.39 is 85.7 Å². The quantitative estimate of drug-likeness (QED) is 0.271. The van der Waals surface area contributed by atoms with E-state index in [-0.39, 0.29) is 39.3 Å². The fourth-order valence-corrected chi connectivity index (χ4v) is 8.21. The van der Waals surface area contributed by atoms with E-state index in [9.17, 15) is 32.4 Å². The highest BCUT2D eigenvalue weighted by atomic mass is 32.2. The SMILES string of the molecule is C=C[C@H]1C[C@@]1(NC(=O)[C@@H]1C[C@@H](OC(=O)N2Cc3cc4c(cc3C2)OCO4)CN1C(=O)[C@@H](NC(=O)NC(C)(C)C)C(C)(C)C)C(=O)NS(=O)(=O)C1CC1. The van der Waals surface area contributed by atoms with Crippen molar-refractivity contribution in [1.82, 2.24) is 30.5 Å². The van der Waals surface area contributed by atoms with E-state index >= 15 is 0 Å². The van der Waals surface area contributed by atoms with Crippen LogP contribution in [0.15, 0.2) is 24.8 Å². The van der Waals surface area contributed by atoms with Crippen LogP contribution in [0.25, 0.3) is 0 Å². The largest absolute Gasteiger partial charge is 0.454 e. The van der Waals surface area contributed by atoms with Crippen LogP contribution in [-0.2, 0) is 42.2 Å². The molecule has 0 bridgehead atoms. The summed E-state index contributed by atoms with van der Waals surface area (Å²) in [6.07, 6.45) is 0.783. The van der Waals surface area contributed by atoms with Crippen molar-refractivity contribution in [3.05, 3.63) is 35.9 Å². The average molecular weight is 745 g/mol. The second-order valence-electron chi connectivity index (χ2n) is 16.4. The van der Waals surface area contributed by atoms with Gasteiger partial charge < -0.3 is 35.1 Å². The molecular weight excluding hydrogens is 696 g/mol. The summed E-state index contributed by atoms with van der Waals surface area (Å²) in [5, 5.41) is 7.63. The highest BCUT2D eigenvalue weighted by Crippen LogP contribution is 2.46. The molecule has 4 N–H and O–H groups in total. The van der Waals surface area contributed by atoms with Gasteiger partial charge in [0.05, 0.1) is 11.8 Å². The van der Waals surface area contributed by atoms with Crippen molar-refractivity contribution >= 4 is 39.9 Å². The third-order valence-electron chi connectivity index (χ3n) is 9.92. The van der Waals surface area contributed by atoms with Crippen molar-refractivity contribution in [1.29, 1.82) is 0 Å². The molecule has 0 radical (unpaired) electrons. The maximum absolute atomic E-state index is 14.4. The van der Waals surface area contributed by atoms with Gasteiger partial charge in [-0.05, 0) is 68.7 Å². The Kier molecular flexibility index (Phi) is 9.41. The van der Waals surface area contributed by atoms with Crippen LogP contribution in [0.2, 0.25) is 0 Å². The van der Waals surface area contributed by atoms with Gasteiger partial charge in [-0.3, -0.25) is 24.0 Å². The molecule has 3 fully saturated rings. The van der Waals surface area contributed by atoms with Gasteiger partial charge >= 0.3 is 12.1 Å². The van der Waals surface area contributed by atoms with Gasteiger partial charge in [-0.15, -0.1) is 6.58 Å². The molecule has 0 unspecified atom stereocenters. The molecule has 5 atom stereocenters. The lowest BCUT2D eigenvalue weighted by Crippen LogP contribution is -2.61. The van der Waals surface area contributed by atoms with Crippen LogP contribution in [0.3, 0.4) is 0 Å². The van der Waals surface area contributed by atoms with E-state index in [1.165, 1.54) is 15.9 Å². The summed E-state index contributed by atoms with van der Waals surface area (Å²) < 4.78 is 44.3. The van der Waals surface area contributed by atoms with Crippen molar-refractivity contribution in [3.8, 4) is 11.5 Å². The van der Waals surface area contributed by atoms with E-state index in [1.807, 2.05) is 12.1 Å². The molecule has 0 spiro atoms. The predicted octanol–water partition coefficient (Wildman–Crippen LogP) is 2.02. The lowest BCUT2D eigenvalue weighted by atomic mass is 9.85. The van der Waals surface area contributed by atoms with Crippen molar-refractivity contribution in [2.45, 2.75) is 115 Å². The average Bonchev–Trinajstić information content (AvgIpc) is 3.86. The zero-order valence-electron chi connectivity index (χ0n) is 30.4. The maximum Gasteiger partial charge on any atom is 0.410 e. The fraction of sp³-hybridized carbons (Fsp3) is 0.629. The summed E-state index contributed by atoms with van der Waals surface area (Å²) in [4.78, 5) is 71.3. The molecule has 1 saturated heterocycles. The number of likely N-dealkylation sites (tertiary alicyclic amines) is 1. The van der Waals surface area contributed by atoms with Gasteiger partial charge in [0.1, 0.15) is 23.7 Å². The molecule has 17 heteroatoms. The zero-order chi connectivity index (χ0) is 38.0. The molecule has 2 saturated carbocycles. The number of sulfonamides is 1. The molecule has 3 heterocycles. The Balaban J connectivity index is 1.22. The summed E-state index contributed by atoms with van der Waals surface area (Å²) in [6.45, 7) is 14.9. The Morgan fingerprint density at radius 1 is 1.02 bits per heavy atom. The number of rotatable bonds is 9. The molecule has 1 aromatic carbocycles. The first-order valence-electron chi connectivity index (χ1n) is 17.5. The normalized spacial score (nSPS) is 25.5. The summed E-state index contributed by atoms with van der Waals surface area (Å²) in [5.74, 6) is -1.56. The highest BCUT2D eigenvalue weighted by molar-refractivity contribution is 7.91. The number of nitrogens with one attached hydrogen (secondary N) is 4.